The fourth-order valence-electron chi connectivity index (χ4n) is 4.34. The number of carbonyl (C=O) groups excluding carboxylic acids is 1. The van der Waals surface area contributed by atoms with E-state index in [9.17, 15) is 4.79 Å². The molecule has 1 aliphatic carbocycles. The molecule has 0 spiro atoms. The predicted octanol–water partition coefficient (Wildman–Crippen LogP) is 4.67. The summed E-state index contributed by atoms with van der Waals surface area (Å²) in [6.07, 6.45) is 2.24. The van der Waals surface area contributed by atoms with Gasteiger partial charge >= 0.3 is 0 Å². The standard InChI is InChI=1S/C24H24N4O2/c1-3-30-20-13-5-4-10-17(20)22-21-18(11-7-12-19(21)29)25-24-26-23(27-28(22)24)16-9-6-8-15(2)14-16/h4-6,8-10,13-14,22H,3,7,11-12H2,1-2H3,(H,25,26,27)/t22-/m1/s1. The van der Waals surface area contributed by atoms with Crippen LogP contribution in [-0.2, 0) is 4.79 Å². The number of anilines is 1. The number of hydrogen-bond acceptors (Lipinski definition) is 5. The van der Waals surface area contributed by atoms with Crippen LogP contribution in [0.3, 0.4) is 0 Å². The molecule has 1 aromatic heterocycles. The van der Waals surface area contributed by atoms with Gasteiger partial charge in [-0.3, -0.25) is 4.79 Å². The highest BCUT2D eigenvalue weighted by atomic mass is 16.5. The van der Waals surface area contributed by atoms with Gasteiger partial charge in [-0.25, -0.2) is 4.68 Å². The molecule has 1 N–H and O–H groups in total. The van der Waals surface area contributed by atoms with Crippen molar-refractivity contribution >= 4 is 11.7 Å². The summed E-state index contributed by atoms with van der Waals surface area (Å²) in [6, 6.07) is 15.7. The largest absolute Gasteiger partial charge is 0.494 e. The lowest BCUT2D eigenvalue weighted by molar-refractivity contribution is -0.116. The molecule has 0 amide bonds. The molecule has 2 aromatic carbocycles. The Balaban J connectivity index is 1.70. The molecule has 1 atom stereocenters. The van der Waals surface area contributed by atoms with Crippen molar-refractivity contribution in [1.82, 2.24) is 14.8 Å². The van der Waals surface area contributed by atoms with E-state index in [-0.39, 0.29) is 11.8 Å². The van der Waals surface area contributed by atoms with E-state index in [1.165, 1.54) is 0 Å². The molecule has 2 aliphatic rings. The Kier molecular flexibility index (Phi) is 4.62. The van der Waals surface area contributed by atoms with Crippen LogP contribution in [0.1, 0.15) is 43.4 Å². The van der Waals surface area contributed by atoms with Crippen molar-refractivity contribution in [1.29, 1.82) is 0 Å². The minimum atomic E-state index is -0.349. The van der Waals surface area contributed by atoms with E-state index in [0.717, 1.165) is 46.6 Å². The molecule has 0 bridgehead atoms. The van der Waals surface area contributed by atoms with Crippen molar-refractivity contribution in [2.45, 2.75) is 39.2 Å². The van der Waals surface area contributed by atoms with Crippen molar-refractivity contribution in [3.8, 4) is 17.1 Å². The Morgan fingerprint density at radius 1 is 1.17 bits per heavy atom. The molecule has 30 heavy (non-hydrogen) atoms. The number of allylic oxidation sites excluding steroid dienone is 2. The van der Waals surface area contributed by atoms with Crippen LogP contribution in [0.5, 0.6) is 5.75 Å². The van der Waals surface area contributed by atoms with Crippen molar-refractivity contribution in [3.05, 3.63) is 70.9 Å². The van der Waals surface area contributed by atoms with E-state index in [4.69, 9.17) is 14.8 Å². The van der Waals surface area contributed by atoms with E-state index in [2.05, 4.69) is 24.4 Å². The molecule has 1 aliphatic heterocycles. The number of Topliss-reactive ketones (excluding diaryl/α,β-unsaturated/α-hetero) is 1. The normalized spacial score (nSPS) is 17.9. The number of fused-ring (bicyclic) bond motifs is 1. The highest BCUT2D eigenvalue weighted by molar-refractivity contribution is 5.99. The maximum atomic E-state index is 13.0. The van der Waals surface area contributed by atoms with Gasteiger partial charge in [-0.05, 0) is 38.8 Å². The van der Waals surface area contributed by atoms with Crippen LogP contribution >= 0.6 is 0 Å². The Hall–Kier alpha value is -3.41. The number of rotatable bonds is 4. The second-order valence-corrected chi connectivity index (χ2v) is 7.74. The Morgan fingerprint density at radius 2 is 2.03 bits per heavy atom. The first-order valence-electron chi connectivity index (χ1n) is 10.4. The summed E-state index contributed by atoms with van der Waals surface area (Å²) >= 11 is 0. The zero-order valence-electron chi connectivity index (χ0n) is 17.2. The molecule has 6 heteroatoms. The lowest BCUT2D eigenvalue weighted by Crippen LogP contribution is -2.31. The molecule has 5 rings (SSSR count). The van der Waals surface area contributed by atoms with E-state index in [1.807, 2.05) is 48.0 Å². The van der Waals surface area contributed by atoms with Crippen LogP contribution in [0.2, 0.25) is 0 Å². The van der Waals surface area contributed by atoms with Crippen molar-refractivity contribution in [2.24, 2.45) is 0 Å². The first-order valence-corrected chi connectivity index (χ1v) is 10.4. The zero-order chi connectivity index (χ0) is 20.7. The molecule has 0 unspecified atom stereocenters. The van der Waals surface area contributed by atoms with Crippen LogP contribution in [0.15, 0.2) is 59.8 Å². The van der Waals surface area contributed by atoms with Crippen LogP contribution in [0, 0.1) is 6.92 Å². The topological polar surface area (TPSA) is 69.0 Å². The van der Waals surface area contributed by atoms with Crippen LogP contribution < -0.4 is 10.1 Å². The number of hydrogen-bond donors (Lipinski definition) is 1. The highest BCUT2D eigenvalue weighted by Crippen LogP contribution is 2.43. The average molecular weight is 400 g/mol. The Morgan fingerprint density at radius 3 is 2.87 bits per heavy atom. The maximum absolute atomic E-state index is 13.0. The first-order chi connectivity index (χ1) is 14.7. The molecular formula is C24H24N4O2. The van der Waals surface area contributed by atoms with Gasteiger partial charge in [0.2, 0.25) is 5.95 Å². The fraction of sp³-hybridized carbons (Fsp3) is 0.292. The summed E-state index contributed by atoms with van der Waals surface area (Å²) in [6.45, 7) is 4.57. The predicted molar refractivity (Wildman–Crippen MR) is 115 cm³/mol. The van der Waals surface area contributed by atoms with Gasteiger partial charge in [0.25, 0.3) is 0 Å². The van der Waals surface area contributed by atoms with Crippen LogP contribution in [0.25, 0.3) is 11.4 Å². The van der Waals surface area contributed by atoms with E-state index in [0.29, 0.717) is 24.8 Å². The average Bonchev–Trinajstić information content (AvgIpc) is 3.17. The number of aromatic nitrogens is 3. The van der Waals surface area contributed by atoms with E-state index < -0.39 is 0 Å². The summed E-state index contributed by atoms with van der Waals surface area (Å²) in [5.74, 6) is 2.25. The lowest BCUT2D eigenvalue weighted by Gasteiger charge is -2.32. The zero-order valence-corrected chi connectivity index (χ0v) is 17.2. The van der Waals surface area contributed by atoms with Crippen molar-refractivity contribution in [3.63, 3.8) is 0 Å². The smallest absolute Gasteiger partial charge is 0.226 e. The molecule has 3 aromatic rings. The third kappa shape index (κ3) is 3.09. The van der Waals surface area contributed by atoms with Gasteiger partial charge in [-0.1, -0.05) is 42.0 Å². The first kappa shape index (κ1) is 18.6. The molecule has 0 radical (unpaired) electrons. The molecule has 6 nitrogen and oxygen atoms in total. The summed E-state index contributed by atoms with van der Waals surface area (Å²) < 4.78 is 7.76. The molecular weight excluding hydrogens is 376 g/mol. The van der Waals surface area contributed by atoms with Crippen LogP contribution in [-0.4, -0.2) is 27.2 Å². The Bertz CT molecular complexity index is 1160. The SMILES string of the molecule is CCOc1ccccc1[C@@H]1C2=C(CCCC2=O)Nc2nc(-c3cccc(C)c3)nn21. The summed E-state index contributed by atoms with van der Waals surface area (Å²) in [5.41, 5.74) is 4.78. The second kappa shape index (κ2) is 7.44. The van der Waals surface area contributed by atoms with Gasteiger partial charge < -0.3 is 10.1 Å². The number of nitrogens with one attached hydrogen (secondary N) is 1. The number of carbonyl (C=O) groups is 1. The van der Waals surface area contributed by atoms with Gasteiger partial charge in [0.1, 0.15) is 11.8 Å². The van der Waals surface area contributed by atoms with E-state index in [1.54, 1.807) is 0 Å². The minimum Gasteiger partial charge on any atom is -0.494 e. The second-order valence-electron chi connectivity index (χ2n) is 7.74. The van der Waals surface area contributed by atoms with Gasteiger partial charge in [0.05, 0.1) is 6.61 Å². The number of nitrogens with zero attached hydrogens (tertiary/aromatic N) is 3. The van der Waals surface area contributed by atoms with Crippen molar-refractivity contribution in [2.75, 3.05) is 11.9 Å². The Labute approximate surface area is 175 Å². The highest BCUT2D eigenvalue weighted by Gasteiger charge is 2.38. The van der Waals surface area contributed by atoms with E-state index >= 15 is 0 Å². The molecule has 152 valence electrons. The van der Waals surface area contributed by atoms with Gasteiger partial charge in [0.15, 0.2) is 11.6 Å². The molecule has 0 saturated carbocycles. The summed E-state index contributed by atoms with van der Waals surface area (Å²) in [7, 11) is 0. The summed E-state index contributed by atoms with van der Waals surface area (Å²) in [5, 5.41) is 8.24. The minimum absolute atomic E-state index is 0.165. The van der Waals surface area contributed by atoms with Gasteiger partial charge in [-0.15, -0.1) is 5.10 Å². The van der Waals surface area contributed by atoms with Crippen molar-refractivity contribution < 1.29 is 9.53 Å². The molecule has 0 saturated heterocycles. The number of ether oxygens (including phenoxy) is 1. The number of ketones is 1. The third-order valence-electron chi connectivity index (χ3n) is 5.66. The molecule has 2 heterocycles. The third-order valence-corrected chi connectivity index (χ3v) is 5.66. The number of benzene rings is 2. The number of para-hydroxylation sites is 1. The van der Waals surface area contributed by atoms with Gasteiger partial charge in [-0.2, -0.15) is 4.98 Å². The molecule has 0 fully saturated rings. The quantitative estimate of drug-likeness (QED) is 0.689. The maximum Gasteiger partial charge on any atom is 0.226 e. The summed E-state index contributed by atoms with van der Waals surface area (Å²) in [4.78, 5) is 17.8. The fourth-order valence-corrected chi connectivity index (χ4v) is 4.34. The van der Waals surface area contributed by atoms with Gasteiger partial charge in [0, 0.05) is 28.8 Å². The number of aryl methyl sites for hydroxylation is 1. The lowest BCUT2D eigenvalue weighted by atomic mass is 9.85. The van der Waals surface area contributed by atoms with Crippen LogP contribution in [0.4, 0.5) is 5.95 Å². The monoisotopic (exact) mass is 400 g/mol.